The molecule has 2 rings (SSSR count). The van der Waals surface area contributed by atoms with Gasteiger partial charge in [0.15, 0.2) is 0 Å². The summed E-state index contributed by atoms with van der Waals surface area (Å²) in [5.41, 5.74) is 6.04. The second-order valence-corrected chi connectivity index (χ2v) is 3.95. The standard InChI is InChI=1S/C12H11N5O3/c1-7-6-8(2-3-10(7)17(18)19)20-12-15-5-4-9(16-12)11(13)14/h2-6H,1H3,(H3,13,14). The van der Waals surface area contributed by atoms with Crippen molar-refractivity contribution < 1.29 is 9.66 Å². The molecule has 1 aromatic carbocycles. The molecular formula is C12H11N5O3. The number of aryl methyl sites for hydroxylation is 1. The normalized spacial score (nSPS) is 10.1. The fourth-order valence-corrected chi connectivity index (χ4v) is 1.54. The first-order valence-corrected chi connectivity index (χ1v) is 5.57. The Bertz CT molecular complexity index is 687. The van der Waals surface area contributed by atoms with E-state index in [9.17, 15) is 10.1 Å². The second kappa shape index (κ2) is 5.31. The SMILES string of the molecule is Cc1cc(Oc2nccc(C(=N)N)n2)ccc1[N+](=O)[O-]. The summed E-state index contributed by atoms with van der Waals surface area (Å²) in [5.74, 6) is 0.172. The molecular weight excluding hydrogens is 262 g/mol. The smallest absolute Gasteiger partial charge is 0.322 e. The molecule has 0 saturated heterocycles. The van der Waals surface area contributed by atoms with Crippen LogP contribution in [0.4, 0.5) is 5.69 Å². The van der Waals surface area contributed by atoms with E-state index in [1.54, 1.807) is 6.92 Å². The predicted molar refractivity (Wildman–Crippen MR) is 71.0 cm³/mol. The number of nitrogens with zero attached hydrogens (tertiary/aromatic N) is 3. The summed E-state index contributed by atoms with van der Waals surface area (Å²) in [7, 11) is 0. The summed E-state index contributed by atoms with van der Waals surface area (Å²) in [4.78, 5) is 18.1. The van der Waals surface area contributed by atoms with Crippen molar-refractivity contribution in [1.29, 1.82) is 5.41 Å². The zero-order valence-corrected chi connectivity index (χ0v) is 10.5. The van der Waals surface area contributed by atoms with E-state index in [2.05, 4.69) is 9.97 Å². The third kappa shape index (κ3) is 2.86. The van der Waals surface area contributed by atoms with Crippen molar-refractivity contribution in [3.05, 3.63) is 51.8 Å². The molecule has 0 radical (unpaired) electrons. The summed E-state index contributed by atoms with van der Waals surface area (Å²) in [5, 5.41) is 18.0. The van der Waals surface area contributed by atoms with Gasteiger partial charge in [-0.1, -0.05) is 0 Å². The summed E-state index contributed by atoms with van der Waals surface area (Å²) in [6.45, 7) is 1.61. The van der Waals surface area contributed by atoms with Gasteiger partial charge in [-0.15, -0.1) is 0 Å². The largest absolute Gasteiger partial charge is 0.424 e. The van der Waals surface area contributed by atoms with E-state index in [0.717, 1.165) is 0 Å². The number of ether oxygens (including phenoxy) is 1. The van der Waals surface area contributed by atoms with E-state index < -0.39 is 4.92 Å². The number of nitrogens with one attached hydrogen (secondary N) is 1. The topological polar surface area (TPSA) is 128 Å². The van der Waals surface area contributed by atoms with Crippen LogP contribution in [-0.4, -0.2) is 20.7 Å². The Morgan fingerprint density at radius 2 is 2.20 bits per heavy atom. The number of nitrogens with two attached hydrogens (primary N) is 1. The summed E-state index contributed by atoms with van der Waals surface area (Å²) in [6, 6.07) is 5.82. The zero-order chi connectivity index (χ0) is 14.7. The Morgan fingerprint density at radius 3 is 2.80 bits per heavy atom. The maximum absolute atomic E-state index is 10.7. The molecule has 0 aliphatic heterocycles. The van der Waals surface area contributed by atoms with Crippen LogP contribution in [0.2, 0.25) is 0 Å². The first-order chi connectivity index (χ1) is 9.47. The van der Waals surface area contributed by atoms with Gasteiger partial charge in [-0.05, 0) is 25.1 Å². The lowest BCUT2D eigenvalue weighted by Gasteiger charge is -2.05. The van der Waals surface area contributed by atoms with Crippen LogP contribution in [0.25, 0.3) is 0 Å². The van der Waals surface area contributed by atoms with E-state index >= 15 is 0 Å². The van der Waals surface area contributed by atoms with Crippen molar-refractivity contribution in [2.45, 2.75) is 6.92 Å². The molecule has 0 unspecified atom stereocenters. The van der Waals surface area contributed by atoms with Crippen molar-refractivity contribution in [3.8, 4) is 11.8 Å². The molecule has 20 heavy (non-hydrogen) atoms. The highest BCUT2D eigenvalue weighted by Gasteiger charge is 2.12. The predicted octanol–water partition coefficient (Wildman–Crippen LogP) is 1.77. The fourth-order valence-electron chi connectivity index (χ4n) is 1.54. The number of benzene rings is 1. The molecule has 0 aliphatic carbocycles. The maximum Gasteiger partial charge on any atom is 0.322 e. The van der Waals surface area contributed by atoms with Gasteiger partial charge in [-0.25, -0.2) is 4.98 Å². The first kappa shape index (κ1) is 13.4. The molecule has 0 fully saturated rings. The van der Waals surface area contributed by atoms with E-state index in [-0.39, 0.29) is 23.2 Å². The minimum absolute atomic E-state index is 0.00996. The second-order valence-electron chi connectivity index (χ2n) is 3.95. The van der Waals surface area contributed by atoms with Crippen LogP contribution in [0.15, 0.2) is 30.5 Å². The minimum Gasteiger partial charge on any atom is -0.424 e. The van der Waals surface area contributed by atoms with Crippen molar-refractivity contribution in [3.63, 3.8) is 0 Å². The number of nitro benzene ring substituents is 1. The van der Waals surface area contributed by atoms with Gasteiger partial charge >= 0.3 is 6.01 Å². The average molecular weight is 273 g/mol. The Balaban J connectivity index is 2.26. The molecule has 0 saturated carbocycles. The molecule has 8 nitrogen and oxygen atoms in total. The van der Waals surface area contributed by atoms with Gasteiger partial charge in [0.25, 0.3) is 5.69 Å². The molecule has 8 heteroatoms. The lowest BCUT2D eigenvalue weighted by molar-refractivity contribution is -0.385. The molecule has 1 heterocycles. The third-order valence-electron chi connectivity index (χ3n) is 2.48. The molecule has 1 aromatic heterocycles. The van der Waals surface area contributed by atoms with Crippen LogP contribution in [0.5, 0.6) is 11.8 Å². The number of hydrogen-bond donors (Lipinski definition) is 2. The molecule has 0 amide bonds. The van der Waals surface area contributed by atoms with Crippen molar-refractivity contribution in [2.75, 3.05) is 0 Å². The number of hydrogen-bond acceptors (Lipinski definition) is 6. The third-order valence-corrected chi connectivity index (χ3v) is 2.48. The molecule has 0 atom stereocenters. The number of nitrogen functional groups attached to an aromatic ring is 1. The van der Waals surface area contributed by atoms with Crippen molar-refractivity contribution >= 4 is 11.5 Å². The number of aromatic nitrogens is 2. The van der Waals surface area contributed by atoms with Gasteiger partial charge < -0.3 is 10.5 Å². The van der Waals surface area contributed by atoms with Crippen LogP contribution < -0.4 is 10.5 Å². The maximum atomic E-state index is 10.7. The summed E-state index contributed by atoms with van der Waals surface area (Å²) < 4.78 is 5.39. The van der Waals surface area contributed by atoms with Gasteiger partial charge in [-0.2, -0.15) is 4.98 Å². The lowest BCUT2D eigenvalue weighted by Crippen LogP contribution is -2.13. The van der Waals surface area contributed by atoms with Crippen LogP contribution in [0.1, 0.15) is 11.3 Å². The highest BCUT2D eigenvalue weighted by molar-refractivity contribution is 5.92. The number of rotatable bonds is 4. The lowest BCUT2D eigenvalue weighted by atomic mass is 10.2. The Labute approximate surface area is 113 Å². The summed E-state index contributed by atoms with van der Waals surface area (Å²) >= 11 is 0. The number of amidine groups is 1. The van der Waals surface area contributed by atoms with Gasteiger partial charge in [0, 0.05) is 17.8 Å². The Kier molecular flexibility index (Phi) is 3.56. The highest BCUT2D eigenvalue weighted by Crippen LogP contribution is 2.25. The minimum atomic E-state index is -0.466. The molecule has 0 spiro atoms. The molecule has 102 valence electrons. The first-order valence-electron chi connectivity index (χ1n) is 5.57. The highest BCUT2D eigenvalue weighted by atomic mass is 16.6. The van der Waals surface area contributed by atoms with Gasteiger partial charge in [0.1, 0.15) is 17.3 Å². The van der Waals surface area contributed by atoms with Crippen LogP contribution >= 0.6 is 0 Å². The van der Waals surface area contributed by atoms with Crippen molar-refractivity contribution in [1.82, 2.24) is 9.97 Å². The fraction of sp³-hybridized carbons (Fsp3) is 0.0833. The molecule has 0 aliphatic rings. The van der Waals surface area contributed by atoms with E-state index in [1.165, 1.54) is 30.5 Å². The number of nitro groups is 1. The zero-order valence-electron chi connectivity index (χ0n) is 10.5. The van der Waals surface area contributed by atoms with Crippen LogP contribution in [-0.2, 0) is 0 Å². The van der Waals surface area contributed by atoms with E-state index in [1.807, 2.05) is 0 Å². The average Bonchev–Trinajstić information content (AvgIpc) is 2.38. The van der Waals surface area contributed by atoms with E-state index in [0.29, 0.717) is 11.3 Å². The van der Waals surface area contributed by atoms with Crippen LogP contribution in [0.3, 0.4) is 0 Å². The summed E-state index contributed by atoms with van der Waals surface area (Å²) in [6.07, 6.45) is 1.41. The molecule has 3 N–H and O–H groups in total. The van der Waals surface area contributed by atoms with Gasteiger partial charge in [-0.3, -0.25) is 15.5 Å². The molecule has 2 aromatic rings. The monoisotopic (exact) mass is 273 g/mol. The van der Waals surface area contributed by atoms with Gasteiger partial charge in [0.2, 0.25) is 0 Å². The molecule has 0 bridgehead atoms. The van der Waals surface area contributed by atoms with Crippen molar-refractivity contribution in [2.24, 2.45) is 5.73 Å². The Hall–Kier alpha value is -3.03. The van der Waals surface area contributed by atoms with E-state index in [4.69, 9.17) is 15.9 Å². The van der Waals surface area contributed by atoms with Crippen LogP contribution in [0, 0.1) is 22.4 Å². The Morgan fingerprint density at radius 1 is 1.45 bits per heavy atom. The quantitative estimate of drug-likeness (QED) is 0.378. The van der Waals surface area contributed by atoms with Gasteiger partial charge in [0.05, 0.1) is 4.92 Å².